The molecule has 0 saturated carbocycles. The van der Waals surface area contributed by atoms with Crippen molar-refractivity contribution in [3.05, 3.63) is 0 Å². The fourth-order valence-corrected chi connectivity index (χ4v) is 1.21. The number of rotatable bonds is 4. The van der Waals surface area contributed by atoms with Gasteiger partial charge in [0.05, 0.1) is 5.75 Å². The highest BCUT2D eigenvalue weighted by Crippen LogP contribution is 2.20. The summed E-state index contributed by atoms with van der Waals surface area (Å²) in [7, 11) is 0. The van der Waals surface area contributed by atoms with Gasteiger partial charge in [0.2, 0.25) is 0 Å². The van der Waals surface area contributed by atoms with Gasteiger partial charge in [0.25, 0.3) is 0 Å². The lowest BCUT2D eigenvalue weighted by molar-refractivity contribution is -0.117. The van der Waals surface area contributed by atoms with Crippen LogP contribution in [0.4, 0.5) is 0 Å². The molecule has 0 aromatic carbocycles. The summed E-state index contributed by atoms with van der Waals surface area (Å²) >= 11 is 1.61. The SMILES string of the molecule is CSCC(=O)CCC(C)(C)C. The summed E-state index contributed by atoms with van der Waals surface area (Å²) in [5, 5.41) is 0. The lowest BCUT2D eigenvalue weighted by atomic mass is 9.90. The maximum absolute atomic E-state index is 11.1. The van der Waals surface area contributed by atoms with Crippen LogP contribution in [0, 0.1) is 5.41 Å². The van der Waals surface area contributed by atoms with E-state index < -0.39 is 0 Å². The maximum Gasteiger partial charge on any atom is 0.142 e. The van der Waals surface area contributed by atoms with Crippen LogP contribution in [0.2, 0.25) is 0 Å². The largest absolute Gasteiger partial charge is 0.299 e. The smallest absolute Gasteiger partial charge is 0.142 e. The van der Waals surface area contributed by atoms with Gasteiger partial charge in [-0.1, -0.05) is 20.8 Å². The van der Waals surface area contributed by atoms with E-state index in [1.54, 1.807) is 11.8 Å². The van der Waals surface area contributed by atoms with Crippen molar-refractivity contribution in [3.63, 3.8) is 0 Å². The Morgan fingerprint density at radius 2 is 1.91 bits per heavy atom. The Labute approximate surface area is 73.9 Å². The number of carbonyl (C=O) groups excluding carboxylic acids is 1. The van der Waals surface area contributed by atoms with Crippen molar-refractivity contribution >= 4 is 17.5 Å². The summed E-state index contributed by atoms with van der Waals surface area (Å²) < 4.78 is 0. The van der Waals surface area contributed by atoms with Gasteiger partial charge in [-0.15, -0.1) is 0 Å². The molecule has 0 amide bonds. The minimum absolute atomic E-state index is 0.300. The highest BCUT2D eigenvalue weighted by Gasteiger charge is 2.11. The van der Waals surface area contributed by atoms with E-state index in [4.69, 9.17) is 0 Å². The van der Waals surface area contributed by atoms with Crippen LogP contribution in [0.15, 0.2) is 0 Å². The molecule has 0 rings (SSSR count). The van der Waals surface area contributed by atoms with Gasteiger partial charge in [-0.25, -0.2) is 0 Å². The van der Waals surface area contributed by atoms with Crippen LogP contribution in [0.5, 0.6) is 0 Å². The Hall–Kier alpha value is 0.0200. The van der Waals surface area contributed by atoms with Crippen LogP contribution in [0.3, 0.4) is 0 Å². The van der Waals surface area contributed by atoms with E-state index in [-0.39, 0.29) is 0 Å². The van der Waals surface area contributed by atoms with Gasteiger partial charge in [0.15, 0.2) is 0 Å². The van der Waals surface area contributed by atoms with Crippen molar-refractivity contribution in [3.8, 4) is 0 Å². The predicted molar refractivity (Wildman–Crippen MR) is 52.1 cm³/mol. The highest BCUT2D eigenvalue weighted by molar-refractivity contribution is 7.99. The van der Waals surface area contributed by atoms with Crippen LogP contribution in [0.1, 0.15) is 33.6 Å². The first-order valence-corrected chi connectivity index (χ1v) is 5.36. The van der Waals surface area contributed by atoms with E-state index in [1.807, 2.05) is 6.26 Å². The minimum atomic E-state index is 0.300. The van der Waals surface area contributed by atoms with E-state index in [0.29, 0.717) is 17.0 Å². The lowest BCUT2D eigenvalue weighted by Gasteiger charge is -2.16. The minimum Gasteiger partial charge on any atom is -0.299 e. The molecule has 0 N–H and O–H groups in total. The van der Waals surface area contributed by atoms with E-state index in [0.717, 1.165) is 12.8 Å². The zero-order valence-electron chi connectivity index (χ0n) is 7.94. The second-order valence-corrected chi connectivity index (χ2v) is 4.90. The van der Waals surface area contributed by atoms with Gasteiger partial charge < -0.3 is 0 Å². The molecule has 0 aromatic rings. The first kappa shape index (κ1) is 11.0. The molecule has 11 heavy (non-hydrogen) atoms. The third-order valence-electron chi connectivity index (χ3n) is 1.46. The Morgan fingerprint density at radius 3 is 2.27 bits per heavy atom. The number of thioether (sulfide) groups is 1. The number of ketones is 1. The zero-order chi connectivity index (χ0) is 8.91. The molecule has 0 aliphatic carbocycles. The molecule has 66 valence electrons. The molecule has 0 radical (unpaired) electrons. The third-order valence-corrected chi connectivity index (χ3v) is 2.07. The molecule has 0 aliphatic rings. The molecule has 0 spiro atoms. The Morgan fingerprint density at radius 1 is 1.36 bits per heavy atom. The predicted octanol–water partition coefficient (Wildman–Crippen LogP) is 2.74. The van der Waals surface area contributed by atoms with Gasteiger partial charge >= 0.3 is 0 Å². The van der Waals surface area contributed by atoms with E-state index in [1.165, 1.54) is 0 Å². The standard InChI is InChI=1S/C9H18OS/c1-9(2,3)6-5-8(10)7-11-4/h5-7H2,1-4H3. The summed E-state index contributed by atoms with van der Waals surface area (Å²) in [5.41, 5.74) is 0.300. The third kappa shape index (κ3) is 7.92. The van der Waals surface area contributed by atoms with Crippen LogP contribution in [-0.2, 0) is 4.79 Å². The maximum atomic E-state index is 11.1. The summed E-state index contributed by atoms with van der Waals surface area (Å²) in [6.45, 7) is 6.50. The molecule has 0 aromatic heterocycles. The Bertz CT molecular complexity index is 124. The van der Waals surface area contributed by atoms with Crippen LogP contribution in [0.25, 0.3) is 0 Å². The van der Waals surface area contributed by atoms with Crippen molar-refractivity contribution in [1.82, 2.24) is 0 Å². The van der Waals surface area contributed by atoms with Gasteiger partial charge in [-0.3, -0.25) is 4.79 Å². The molecule has 1 nitrogen and oxygen atoms in total. The summed E-state index contributed by atoms with van der Waals surface area (Å²) in [5.74, 6) is 1.06. The highest BCUT2D eigenvalue weighted by atomic mass is 32.2. The zero-order valence-corrected chi connectivity index (χ0v) is 8.75. The van der Waals surface area contributed by atoms with Gasteiger partial charge in [0, 0.05) is 6.42 Å². The van der Waals surface area contributed by atoms with Gasteiger partial charge in [-0.05, 0) is 18.1 Å². The summed E-state index contributed by atoms with van der Waals surface area (Å²) in [6.07, 6.45) is 3.71. The molecule has 0 fully saturated rings. The Kier molecular flexibility index (Phi) is 4.82. The summed E-state index contributed by atoms with van der Waals surface area (Å²) in [6, 6.07) is 0. The molecule has 0 heterocycles. The van der Waals surface area contributed by atoms with Gasteiger partial charge in [0.1, 0.15) is 5.78 Å². The second-order valence-electron chi connectivity index (χ2n) is 4.03. The number of carbonyl (C=O) groups is 1. The van der Waals surface area contributed by atoms with Crippen molar-refractivity contribution in [1.29, 1.82) is 0 Å². The van der Waals surface area contributed by atoms with Crippen molar-refractivity contribution in [2.75, 3.05) is 12.0 Å². The number of Topliss-reactive ketones (excluding diaryl/α,β-unsaturated/α-hetero) is 1. The average Bonchev–Trinajstić information content (AvgIpc) is 1.83. The van der Waals surface area contributed by atoms with E-state index >= 15 is 0 Å². The quantitative estimate of drug-likeness (QED) is 0.652. The number of hydrogen-bond acceptors (Lipinski definition) is 2. The normalized spacial score (nSPS) is 11.6. The van der Waals surface area contributed by atoms with E-state index in [9.17, 15) is 4.79 Å². The molecule has 0 bridgehead atoms. The first-order valence-electron chi connectivity index (χ1n) is 3.96. The van der Waals surface area contributed by atoms with Crippen LogP contribution in [-0.4, -0.2) is 17.8 Å². The molecular weight excluding hydrogens is 156 g/mol. The Balaban J connectivity index is 3.46. The van der Waals surface area contributed by atoms with Crippen LogP contribution < -0.4 is 0 Å². The van der Waals surface area contributed by atoms with Crippen molar-refractivity contribution in [2.24, 2.45) is 5.41 Å². The molecular formula is C9H18OS. The lowest BCUT2D eigenvalue weighted by Crippen LogP contribution is -2.10. The molecule has 2 heteroatoms. The van der Waals surface area contributed by atoms with Crippen molar-refractivity contribution < 1.29 is 4.79 Å². The number of hydrogen-bond donors (Lipinski definition) is 0. The van der Waals surface area contributed by atoms with Gasteiger partial charge in [-0.2, -0.15) is 11.8 Å². The average molecular weight is 174 g/mol. The first-order chi connectivity index (χ1) is 4.95. The fraction of sp³-hybridized carbons (Fsp3) is 0.889. The molecule has 0 atom stereocenters. The molecule has 0 unspecified atom stereocenters. The van der Waals surface area contributed by atoms with E-state index in [2.05, 4.69) is 20.8 Å². The second kappa shape index (κ2) is 4.81. The van der Waals surface area contributed by atoms with Crippen molar-refractivity contribution in [2.45, 2.75) is 33.6 Å². The monoisotopic (exact) mass is 174 g/mol. The fourth-order valence-electron chi connectivity index (χ4n) is 0.748. The molecule has 0 aliphatic heterocycles. The molecule has 0 saturated heterocycles. The summed E-state index contributed by atoms with van der Waals surface area (Å²) in [4.78, 5) is 11.1. The topological polar surface area (TPSA) is 17.1 Å². The van der Waals surface area contributed by atoms with Crippen LogP contribution >= 0.6 is 11.8 Å².